The molecule has 1 N–H and O–H groups in total. The van der Waals surface area contributed by atoms with Crippen molar-refractivity contribution < 1.29 is 0 Å². The Kier molecular flexibility index (Phi) is 6.68. The van der Waals surface area contributed by atoms with Crippen molar-refractivity contribution in [3.63, 3.8) is 0 Å². The van der Waals surface area contributed by atoms with E-state index in [1.807, 2.05) is 0 Å². The average molecular weight is 289 g/mol. The molecule has 118 valence electrons. The number of aryl methyl sites for hydroxylation is 1. The second kappa shape index (κ2) is 8.52. The number of hydrogen-bond acceptors (Lipinski definition) is 3. The van der Waals surface area contributed by atoms with Gasteiger partial charge in [-0.25, -0.2) is 0 Å². The zero-order valence-corrected chi connectivity index (χ0v) is 13.9. The second-order valence-corrected chi connectivity index (χ2v) is 6.33. The van der Waals surface area contributed by atoms with Crippen LogP contribution in [-0.4, -0.2) is 56.1 Å². The molecule has 0 aromatic heterocycles. The van der Waals surface area contributed by atoms with E-state index in [0.29, 0.717) is 6.04 Å². The van der Waals surface area contributed by atoms with Crippen molar-refractivity contribution in [2.45, 2.75) is 32.7 Å². The molecule has 0 aliphatic carbocycles. The number of nitrogens with zero attached hydrogens (tertiary/aromatic N) is 2. The fourth-order valence-electron chi connectivity index (χ4n) is 3.05. The van der Waals surface area contributed by atoms with Crippen molar-refractivity contribution in [2.24, 2.45) is 0 Å². The summed E-state index contributed by atoms with van der Waals surface area (Å²) in [5.41, 5.74) is 2.73. The summed E-state index contributed by atoms with van der Waals surface area (Å²) in [6.45, 7) is 11.4. The van der Waals surface area contributed by atoms with Crippen molar-refractivity contribution in [2.75, 3.05) is 46.3 Å². The van der Waals surface area contributed by atoms with Gasteiger partial charge in [0.05, 0.1) is 0 Å². The number of rotatable bonds is 8. The van der Waals surface area contributed by atoms with Gasteiger partial charge in [0, 0.05) is 25.7 Å². The molecule has 3 heteroatoms. The maximum absolute atomic E-state index is 3.62. The minimum Gasteiger partial charge on any atom is -0.309 e. The summed E-state index contributed by atoms with van der Waals surface area (Å²) >= 11 is 0. The number of hydrogen-bond donors (Lipinski definition) is 1. The first-order valence-corrected chi connectivity index (χ1v) is 8.40. The van der Waals surface area contributed by atoms with Crippen LogP contribution in [0.2, 0.25) is 0 Å². The van der Waals surface area contributed by atoms with Crippen molar-refractivity contribution in [1.82, 2.24) is 15.1 Å². The summed E-state index contributed by atoms with van der Waals surface area (Å²) in [7, 11) is 2.24. The van der Waals surface area contributed by atoms with E-state index in [0.717, 1.165) is 19.6 Å². The minimum absolute atomic E-state index is 0.430. The zero-order chi connectivity index (χ0) is 15.1. The first-order chi connectivity index (χ1) is 10.2. The molecule has 0 amide bonds. The predicted octanol–water partition coefficient (Wildman–Crippen LogP) is 2.67. The van der Waals surface area contributed by atoms with Crippen molar-refractivity contribution in [1.29, 1.82) is 0 Å². The molecule has 0 bridgehead atoms. The van der Waals surface area contributed by atoms with Crippen LogP contribution in [-0.2, 0) is 0 Å². The third-order valence-electron chi connectivity index (χ3n) is 4.42. The molecular weight excluding hydrogens is 258 g/mol. The highest BCUT2D eigenvalue weighted by Gasteiger charge is 2.15. The lowest BCUT2D eigenvalue weighted by Crippen LogP contribution is -2.37. The summed E-state index contributed by atoms with van der Waals surface area (Å²) in [6, 6.07) is 9.38. The van der Waals surface area contributed by atoms with E-state index in [4.69, 9.17) is 0 Å². The molecule has 1 aliphatic heterocycles. The third kappa shape index (κ3) is 5.42. The molecule has 1 heterocycles. The molecule has 1 unspecified atom stereocenters. The van der Waals surface area contributed by atoms with Crippen LogP contribution in [0.15, 0.2) is 24.3 Å². The normalized spacial score (nSPS) is 17.5. The number of benzene rings is 1. The Balaban J connectivity index is 1.84. The molecular formula is C18H31N3. The van der Waals surface area contributed by atoms with Gasteiger partial charge in [-0.2, -0.15) is 0 Å². The summed E-state index contributed by atoms with van der Waals surface area (Å²) in [5, 5.41) is 3.62. The molecule has 0 saturated carbocycles. The van der Waals surface area contributed by atoms with Crippen LogP contribution in [0.3, 0.4) is 0 Å². The highest BCUT2D eigenvalue weighted by Crippen LogP contribution is 2.15. The van der Waals surface area contributed by atoms with Gasteiger partial charge in [0.1, 0.15) is 0 Å². The number of likely N-dealkylation sites (N-methyl/N-ethyl adjacent to an activating group) is 2. The highest BCUT2D eigenvalue weighted by atomic mass is 15.2. The largest absolute Gasteiger partial charge is 0.309 e. The Hall–Kier alpha value is -0.900. The van der Waals surface area contributed by atoms with E-state index in [-0.39, 0.29) is 0 Å². The van der Waals surface area contributed by atoms with E-state index < -0.39 is 0 Å². The van der Waals surface area contributed by atoms with Gasteiger partial charge in [0.2, 0.25) is 0 Å². The number of likely N-dealkylation sites (tertiary alicyclic amines) is 1. The Morgan fingerprint density at radius 1 is 1.19 bits per heavy atom. The summed E-state index contributed by atoms with van der Waals surface area (Å²) in [4.78, 5) is 5.05. The monoisotopic (exact) mass is 289 g/mol. The smallest absolute Gasteiger partial charge is 0.0449 e. The van der Waals surface area contributed by atoms with Crippen LogP contribution < -0.4 is 5.32 Å². The van der Waals surface area contributed by atoms with Gasteiger partial charge in [-0.05, 0) is 52.0 Å². The molecule has 1 aromatic carbocycles. The van der Waals surface area contributed by atoms with Gasteiger partial charge in [0.15, 0.2) is 0 Å². The molecule has 1 fully saturated rings. The fourth-order valence-corrected chi connectivity index (χ4v) is 3.05. The van der Waals surface area contributed by atoms with Crippen LogP contribution in [0, 0.1) is 6.92 Å². The molecule has 1 atom stereocenters. The van der Waals surface area contributed by atoms with E-state index in [2.05, 4.69) is 60.3 Å². The van der Waals surface area contributed by atoms with Crippen molar-refractivity contribution >= 4 is 0 Å². The first kappa shape index (κ1) is 16.5. The minimum atomic E-state index is 0.430. The topological polar surface area (TPSA) is 18.5 Å². The zero-order valence-electron chi connectivity index (χ0n) is 13.9. The van der Waals surface area contributed by atoms with E-state index >= 15 is 0 Å². The lowest BCUT2D eigenvalue weighted by atomic mass is 10.0. The van der Waals surface area contributed by atoms with Gasteiger partial charge in [-0.15, -0.1) is 0 Å². The highest BCUT2D eigenvalue weighted by molar-refractivity contribution is 5.24. The van der Waals surface area contributed by atoms with Crippen molar-refractivity contribution in [3.05, 3.63) is 35.4 Å². The lowest BCUT2D eigenvalue weighted by Gasteiger charge is -2.27. The van der Waals surface area contributed by atoms with Crippen LogP contribution in [0.4, 0.5) is 0 Å². The van der Waals surface area contributed by atoms with Crippen molar-refractivity contribution in [3.8, 4) is 0 Å². The van der Waals surface area contributed by atoms with E-state index in [9.17, 15) is 0 Å². The number of nitrogens with one attached hydrogen (secondary N) is 1. The van der Waals surface area contributed by atoms with Gasteiger partial charge in [-0.3, -0.25) is 0 Å². The van der Waals surface area contributed by atoms with Crippen LogP contribution in [0.5, 0.6) is 0 Å². The van der Waals surface area contributed by atoms with Gasteiger partial charge >= 0.3 is 0 Å². The van der Waals surface area contributed by atoms with Gasteiger partial charge in [-0.1, -0.05) is 36.8 Å². The van der Waals surface area contributed by atoms with Crippen LogP contribution >= 0.6 is 0 Å². The fraction of sp³-hybridized carbons (Fsp3) is 0.667. The average Bonchev–Trinajstić information content (AvgIpc) is 2.99. The third-order valence-corrected chi connectivity index (χ3v) is 4.42. The summed E-state index contributed by atoms with van der Waals surface area (Å²) in [6.07, 6.45) is 2.76. The molecule has 1 aliphatic rings. The van der Waals surface area contributed by atoms with E-state index in [1.54, 1.807) is 0 Å². The SMILES string of the molecule is CCNC(CN(C)CCN1CCCC1)c1ccc(C)cc1. The summed E-state index contributed by atoms with van der Waals surface area (Å²) in [5.74, 6) is 0. The molecule has 2 rings (SSSR count). The predicted molar refractivity (Wildman–Crippen MR) is 90.8 cm³/mol. The molecule has 3 nitrogen and oxygen atoms in total. The molecule has 0 radical (unpaired) electrons. The maximum atomic E-state index is 3.62. The first-order valence-electron chi connectivity index (χ1n) is 8.40. The Bertz CT molecular complexity index is 395. The molecule has 1 saturated heterocycles. The molecule has 1 aromatic rings. The summed E-state index contributed by atoms with van der Waals surface area (Å²) < 4.78 is 0. The molecule has 21 heavy (non-hydrogen) atoms. The second-order valence-electron chi connectivity index (χ2n) is 6.33. The molecule has 0 spiro atoms. The van der Waals surface area contributed by atoms with E-state index in [1.165, 1.54) is 43.6 Å². The van der Waals surface area contributed by atoms with Crippen LogP contribution in [0.25, 0.3) is 0 Å². The Labute approximate surface area is 130 Å². The lowest BCUT2D eigenvalue weighted by molar-refractivity contribution is 0.239. The van der Waals surface area contributed by atoms with Gasteiger partial charge in [0.25, 0.3) is 0 Å². The maximum Gasteiger partial charge on any atom is 0.0449 e. The standard InChI is InChI=1S/C18H31N3/c1-4-19-18(17-9-7-16(2)8-10-17)15-20(3)13-14-21-11-5-6-12-21/h7-10,18-19H,4-6,11-15H2,1-3H3. The van der Waals surface area contributed by atoms with Crippen LogP contribution in [0.1, 0.15) is 36.9 Å². The van der Waals surface area contributed by atoms with Gasteiger partial charge < -0.3 is 15.1 Å². The Morgan fingerprint density at radius 2 is 1.86 bits per heavy atom. The Morgan fingerprint density at radius 3 is 2.48 bits per heavy atom. The quantitative estimate of drug-likeness (QED) is 0.794.